The number of pyridine rings is 1. The van der Waals surface area contributed by atoms with Crippen molar-refractivity contribution in [3.05, 3.63) is 71.5 Å². The lowest BCUT2D eigenvalue weighted by atomic mass is 10.0. The van der Waals surface area contributed by atoms with Crippen molar-refractivity contribution in [2.45, 2.75) is 25.9 Å². The van der Waals surface area contributed by atoms with E-state index in [-0.39, 0.29) is 0 Å². The van der Waals surface area contributed by atoms with Crippen LogP contribution >= 0.6 is 0 Å². The highest BCUT2D eigenvalue weighted by Crippen LogP contribution is 2.25. The summed E-state index contributed by atoms with van der Waals surface area (Å²) >= 11 is 0. The van der Waals surface area contributed by atoms with E-state index in [2.05, 4.69) is 24.2 Å². The van der Waals surface area contributed by atoms with Gasteiger partial charge in [0.1, 0.15) is 6.10 Å². The Morgan fingerprint density at radius 2 is 1.95 bits per heavy atom. The number of aliphatic hydroxyl groups excluding tert-OH is 1. The fraction of sp³-hybridized carbons (Fsp3) is 0.235. The number of aromatic nitrogens is 2. The molecule has 0 spiro atoms. The number of aryl methyl sites for hydroxylation is 1. The molecule has 0 aliphatic rings. The highest BCUT2D eigenvalue weighted by atomic mass is 16.3. The van der Waals surface area contributed by atoms with Crippen molar-refractivity contribution >= 4 is 5.52 Å². The molecule has 3 aromatic rings. The van der Waals surface area contributed by atoms with Crippen molar-refractivity contribution in [1.29, 1.82) is 0 Å². The van der Waals surface area contributed by atoms with Crippen molar-refractivity contribution in [1.82, 2.24) is 9.61 Å². The third kappa shape index (κ3) is 2.32. The Balaban J connectivity index is 1.93. The quantitative estimate of drug-likeness (QED) is 0.786. The molecule has 1 aromatic carbocycles. The Labute approximate surface area is 118 Å². The molecular formula is C17H18N2O. The molecule has 20 heavy (non-hydrogen) atoms. The van der Waals surface area contributed by atoms with E-state index in [0.717, 1.165) is 29.5 Å². The van der Waals surface area contributed by atoms with E-state index in [4.69, 9.17) is 0 Å². The second-order valence-corrected chi connectivity index (χ2v) is 5.02. The minimum atomic E-state index is -0.634. The van der Waals surface area contributed by atoms with E-state index in [9.17, 15) is 5.11 Å². The minimum Gasteiger partial charge on any atom is -0.384 e. The molecule has 1 N–H and O–H groups in total. The van der Waals surface area contributed by atoms with Crippen LogP contribution < -0.4 is 0 Å². The number of hydrogen-bond acceptors (Lipinski definition) is 2. The summed E-state index contributed by atoms with van der Waals surface area (Å²) in [7, 11) is 0. The topological polar surface area (TPSA) is 37.5 Å². The summed E-state index contributed by atoms with van der Waals surface area (Å²) in [5, 5.41) is 14.8. The number of rotatable bonds is 4. The normalized spacial score (nSPS) is 12.7. The highest BCUT2D eigenvalue weighted by Gasteiger charge is 2.15. The predicted octanol–water partition coefficient (Wildman–Crippen LogP) is 3.37. The maximum atomic E-state index is 10.5. The van der Waals surface area contributed by atoms with Gasteiger partial charge in [-0.1, -0.05) is 43.7 Å². The molecule has 1 atom stereocenters. The van der Waals surface area contributed by atoms with Crippen LogP contribution in [0.15, 0.2) is 54.9 Å². The van der Waals surface area contributed by atoms with Gasteiger partial charge in [0.25, 0.3) is 0 Å². The zero-order chi connectivity index (χ0) is 13.9. The monoisotopic (exact) mass is 266 g/mol. The number of benzene rings is 1. The lowest BCUT2D eigenvalue weighted by Crippen LogP contribution is -1.99. The Kier molecular flexibility index (Phi) is 3.52. The molecule has 0 saturated heterocycles. The molecule has 3 heteroatoms. The zero-order valence-electron chi connectivity index (χ0n) is 11.5. The fourth-order valence-electron chi connectivity index (χ4n) is 2.50. The molecule has 2 aromatic heterocycles. The van der Waals surface area contributed by atoms with Gasteiger partial charge in [-0.3, -0.25) is 0 Å². The number of fused-ring (bicyclic) bond motifs is 1. The molecule has 0 radical (unpaired) electrons. The van der Waals surface area contributed by atoms with E-state index in [1.165, 1.54) is 5.56 Å². The summed E-state index contributed by atoms with van der Waals surface area (Å²) in [5.41, 5.74) is 4.00. The first kappa shape index (κ1) is 12.9. The summed E-state index contributed by atoms with van der Waals surface area (Å²) < 4.78 is 1.78. The first-order valence-electron chi connectivity index (χ1n) is 6.98. The first-order chi connectivity index (χ1) is 9.79. The molecule has 3 rings (SSSR count). The molecule has 3 nitrogen and oxygen atoms in total. The molecule has 0 fully saturated rings. The maximum absolute atomic E-state index is 10.5. The van der Waals surface area contributed by atoms with Gasteiger partial charge < -0.3 is 5.11 Å². The highest BCUT2D eigenvalue weighted by molar-refractivity contribution is 5.56. The Hall–Kier alpha value is -2.13. The van der Waals surface area contributed by atoms with Gasteiger partial charge in [-0.05, 0) is 29.7 Å². The number of aliphatic hydroxyl groups is 1. The predicted molar refractivity (Wildman–Crippen MR) is 79.7 cm³/mol. The average molecular weight is 266 g/mol. The van der Waals surface area contributed by atoms with Gasteiger partial charge in [0.15, 0.2) is 0 Å². The molecule has 0 bridgehead atoms. The maximum Gasteiger partial charge on any atom is 0.108 e. The molecule has 0 amide bonds. The van der Waals surface area contributed by atoms with Gasteiger partial charge in [0, 0.05) is 11.8 Å². The van der Waals surface area contributed by atoms with E-state index in [0.29, 0.717) is 0 Å². The van der Waals surface area contributed by atoms with Crippen LogP contribution in [0.3, 0.4) is 0 Å². The molecular weight excluding hydrogens is 248 g/mol. The molecule has 0 aliphatic carbocycles. The molecule has 2 heterocycles. The van der Waals surface area contributed by atoms with Crippen LogP contribution in [-0.2, 0) is 6.42 Å². The third-order valence-corrected chi connectivity index (χ3v) is 3.59. The minimum absolute atomic E-state index is 0.634. The molecule has 0 aliphatic heterocycles. The van der Waals surface area contributed by atoms with Crippen LogP contribution in [0.2, 0.25) is 0 Å². The first-order valence-corrected chi connectivity index (χ1v) is 6.98. The summed E-state index contributed by atoms with van der Waals surface area (Å²) in [6.45, 7) is 2.17. The van der Waals surface area contributed by atoms with Crippen LogP contribution in [0.5, 0.6) is 0 Å². The van der Waals surface area contributed by atoms with Gasteiger partial charge in [0.2, 0.25) is 0 Å². The Morgan fingerprint density at radius 1 is 1.15 bits per heavy atom. The largest absolute Gasteiger partial charge is 0.384 e. The third-order valence-electron chi connectivity index (χ3n) is 3.59. The van der Waals surface area contributed by atoms with Crippen molar-refractivity contribution in [2.75, 3.05) is 0 Å². The van der Waals surface area contributed by atoms with Gasteiger partial charge in [-0.25, -0.2) is 4.52 Å². The van der Waals surface area contributed by atoms with Gasteiger partial charge >= 0.3 is 0 Å². The standard InChI is InChI=1S/C17H18N2O/c1-2-5-13-7-9-14(10-8-13)17(20)15-12-18-19-11-4-3-6-16(15)19/h3-4,6-12,17,20H,2,5H2,1H3. The fourth-order valence-corrected chi connectivity index (χ4v) is 2.50. The van der Waals surface area contributed by atoms with Crippen LogP contribution in [0.4, 0.5) is 0 Å². The second-order valence-electron chi connectivity index (χ2n) is 5.02. The van der Waals surface area contributed by atoms with E-state index >= 15 is 0 Å². The Bertz CT molecular complexity index is 700. The van der Waals surface area contributed by atoms with Crippen LogP contribution in [-0.4, -0.2) is 14.7 Å². The van der Waals surface area contributed by atoms with Crippen LogP contribution in [0.1, 0.15) is 36.1 Å². The lowest BCUT2D eigenvalue weighted by molar-refractivity contribution is 0.222. The number of nitrogens with zero attached hydrogens (tertiary/aromatic N) is 2. The summed E-state index contributed by atoms with van der Waals surface area (Å²) in [6, 6.07) is 14.0. The van der Waals surface area contributed by atoms with E-state index in [1.807, 2.05) is 36.5 Å². The second kappa shape index (κ2) is 5.47. The van der Waals surface area contributed by atoms with Gasteiger partial charge in [0.05, 0.1) is 11.7 Å². The molecule has 1 unspecified atom stereocenters. The summed E-state index contributed by atoms with van der Waals surface area (Å²) in [4.78, 5) is 0. The van der Waals surface area contributed by atoms with Crippen molar-refractivity contribution in [2.24, 2.45) is 0 Å². The van der Waals surface area contributed by atoms with Crippen molar-refractivity contribution < 1.29 is 5.11 Å². The molecule has 0 saturated carbocycles. The van der Waals surface area contributed by atoms with E-state index in [1.54, 1.807) is 10.7 Å². The van der Waals surface area contributed by atoms with Gasteiger partial charge in [-0.2, -0.15) is 5.10 Å². The van der Waals surface area contributed by atoms with Gasteiger partial charge in [-0.15, -0.1) is 0 Å². The van der Waals surface area contributed by atoms with E-state index < -0.39 is 6.10 Å². The summed E-state index contributed by atoms with van der Waals surface area (Å²) in [6.07, 6.45) is 5.20. The summed E-state index contributed by atoms with van der Waals surface area (Å²) in [5.74, 6) is 0. The smallest absolute Gasteiger partial charge is 0.108 e. The zero-order valence-corrected chi connectivity index (χ0v) is 11.5. The van der Waals surface area contributed by atoms with Crippen molar-refractivity contribution in [3.8, 4) is 0 Å². The SMILES string of the molecule is CCCc1ccc(C(O)c2cnn3ccccc23)cc1. The van der Waals surface area contributed by atoms with Crippen LogP contribution in [0.25, 0.3) is 5.52 Å². The van der Waals surface area contributed by atoms with Crippen molar-refractivity contribution in [3.63, 3.8) is 0 Å². The average Bonchev–Trinajstić information content (AvgIpc) is 2.92. The number of hydrogen-bond donors (Lipinski definition) is 1. The molecule has 102 valence electrons. The lowest BCUT2D eigenvalue weighted by Gasteiger charge is -2.10. The Morgan fingerprint density at radius 3 is 2.70 bits per heavy atom. The van der Waals surface area contributed by atoms with Crippen LogP contribution in [0, 0.1) is 0 Å².